The quantitative estimate of drug-likeness (QED) is 0.794. The molecule has 0 aliphatic heterocycles. The van der Waals surface area contributed by atoms with Crippen molar-refractivity contribution in [2.45, 2.75) is 12.8 Å². The summed E-state index contributed by atoms with van der Waals surface area (Å²) in [6.07, 6.45) is 1.49. The fourth-order valence-corrected chi connectivity index (χ4v) is 1.81. The van der Waals surface area contributed by atoms with E-state index in [2.05, 4.69) is 47.8 Å². The van der Waals surface area contributed by atoms with Crippen molar-refractivity contribution in [1.29, 1.82) is 5.26 Å². The van der Waals surface area contributed by atoms with Crippen LogP contribution in [-0.4, -0.2) is 6.54 Å². The van der Waals surface area contributed by atoms with E-state index in [1.807, 2.05) is 18.2 Å². The van der Waals surface area contributed by atoms with Gasteiger partial charge in [-0.25, -0.2) is 0 Å². The summed E-state index contributed by atoms with van der Waals surface area (Å²) in [6, 6.07) is 20.9. The Bertz CT molecular complexity index is 509. The summed E-state index contributed by atoms with van der Waals surface area (Å²) in [5.41, 5.74) is 3.55. The number of hydrogen-bond donors (Lipinski definition) is 1. The van der Waals surface area contributed by atoms with Gasteiger partial charge in [0.25, 0.3) is 0 Å². The minimum absolute atomic E-state index is 0.606. The molecule has 0 saturated heterocycles. The van der Waals surface area contributed by atoms with Gasteiger partial charge in [0.05, 0.1) is 6.07 Å². The summed E-state index contributed by atoms with van der Waals surface area (Å²) in [5.74, 6) is 0. The highest BCUT2D eigenvalue weighted by Crippen LogP contribution is 2.20. The highest BCUT2D eigenvalue weighted by molar-refractivity contribution is 5.65. The first-order chi connectivity index (χ1) is 8.90. The Balaban J connectivity index is 1.96. The standard InChI is InChI=1S/C16H16N2/c17-12-4-5-13-18-16-10-8-15(9-11-16)14-6-2-1-3-7-14/h1-3,6-11,18H,4-5,13H2. The fraction of sp³-hybridized carbons (Fsp3) is 0.188. The monoisotopic (exact) mass is 236 g/mol. The van der Waals surface area contributed by atoms with Crippen molar-refractivity contribution >= 4 is 5.69 Å². The maximum Gasteiger partial charge on any atom is 0.0622 e. The molecule has 2 rings (SSSR count). The van der Waals surface area contributed by atoms with E-state index in [0.717, 1.165) is 18.7 Å². The minimum Gasteiger partial charge on any atom is -0.385 e. The first-order valence-corrected chi connectivity index (χ1v) is 6.16. The van der Waals surface area contributed by atoms with Crippen LogP contribution in [0, 0.1) is 11.3 Å². The van der Waals surface area contributed by atoms with Gasteiger partial charge in [0.15, 0.2) is 0 Å². The highest BCUT2D eigenvalue weighted by Gasteiger charge is 1.96. The molecule has 0 aromatic heterocycles. The second-order valence-electron chi connectivity index (χ2n) is 4.13. The maximum atomic E-state index is 8.45. The van der Waals surface area contributed by atoms with Crippen molar-refractivity contribution in [1.82, 2.24) is 0 Å². The summed E-state index contributed by atoms with van der Waals surface area (Å²) in [7, 11) is 0. The molecule has 0 heterocycles. The van der Waals surface area contributed by atoms with Crippen LogP contribution in [0.3, 0.4) is 0 Å². The zero-order valence-corrected chi connectivity index (χ0v) is 10.3. The minimum atomic E-state index is 0.606. The average Bonchev–Trinajstić information content (AvgIpc) is 2.45. The molecule has 0 saturated carbocycles. The molecule has 0 atom stereocenters. The molecule has 2 aromatic rings. The molecule has 0 amide bonds. The normalized spacial score (nSPS) is 9.72. The van der Waals surface area contributed by atoms with Crippen molar-refractivity contribution < 1.29 is 0 Å². The molecule has 0 aliphatic rings. The van der Waals surface area contributed by atoms with Crippen LogP contribution in [0.1, 0.15) is 12.8 Å². The van der Waals surface area contributed by atoms with Crippen molar-refractivity contribution in [3.8, 4) is 17.2 Å². The SMILES string of the molecule is N#CCCCNc1ccc(-c2ccccc2)cc1. The third-order valence-electron chi connectivity index (χ3n) is 2.79. The molecule has 0 bridgehead atoms. The number of anilines is 1. The van der Waals surface area contributed by atoms with Crippen LogP contribution in [0.15, 0.2) is 54.6 Å². The maximum absolute atomic E-state index is 8.45. The predicted molar refractivity (Wildman–Crippen MR) is 75.2 cm³/mol. The number of nitrogens with one attached hydrogen (secondary N) is 1. The molecule has 18 heavy (non-hydrogen) atoms. The van der Waals surface area contributed by atoms with Crippen molar-refractivity contribution in [3.05, 3.63) is 54.6 Å². The Morgan fingerprint density at radius 3 is 2.22 bits per heavy atom. The Morgan fingerprint density at radius 1 is 0.889 bits per heavy atom. The van der Waals surface area contributed by atoms with Gasteiger partial charge in [-0.15, -0.1) is 0 Å². The average molecular weight is 236 g/mol. The molecule has 0 radical (unpaired) electrons. The van der Waals surface area contributed by atoms with Gasteiger partial charge >= 0.3 is 0 Å². The Morgan fingerprint density at radius 2 is 1.56 bits per heavy atom. The molecule has 2 nitrogen and oxygen atoms in total. The second-order valence-corrected chi connectivity index (χ2v) is 4.13. The number of nitriles is 1. The lowest BCUT2D eigenvalue weighted by Gasteiger charge is -2.06. The van der Waals surface area contributed by atoms with Gasteiger partial charge in [0.1, 0.15) is 0 Å². The van der Waals surface area contributed by atoms with Crippen molar-refractivity contribution in [3.63, 3.8) is 0 Å². The highest BCUT2D eigenvalue weighted by atomic mass is 14.9. The van der Waals surface area contributed by atoms with Crippen LogP contribution in [-0.2, 0) is 0 Å². The molecule has 0 aliphatic carbocycles. The topological polar surface area (TPSA) is 35.8 Å². The summed E-state index contributed by atoms with van der Waals surface area (Å²) >= 11 is 0. The van der Waals surface area contributed by atoms with Crippen LogP contribution in [0.5, 0.6) is 0 Å². The third kappa shape index (κ3) is 3.36. The van der Waals surface area contributed by atoms with Gasteiger partial charge in [-0.3, -0.25) is 0 Å². The van der Waals surface area contributed by atoms with Gasteiger partial charge in [-0.2, -0.15) is 5.26 Å². The summed E-state index contributed by atoms with van der Waals surface area (Å²) < 4.78 is 0. The molecule has 90 valence electrons. The Hall–Kier alpha value is -2.27. The lowest BCUT2D eigenvalue weighted by Crippen LogP contribution is -2.00. The molecule has 1 N–H and O–H groups in total. The molecule has 0 spiro atoms. The smallest absolute Gasteiger partial charge is 0.0622 e. The zero-order valence-electron chi connectivity index (χ0n) is 10.3. The number of rotatable bonds is 5. The van der Waals surface area contributed by atoms with Gasteiger partial charge in [-0.05, 0) is 29.7 Å². The van der Waals surface area contributed by atoms with Gasteiger partial charge in [0.2, 0.25) is 0 Å². The molecule has 2 heteroatoms. The van der Waals surface area contributed by atoms with E-state index in [1.165, 1.54) is 11.1 Å². The number of nitrogens with zero attached hydrogens (tertiary/aromatic N) is 1. The summed E-state index contributed by atoms with van der Waals surface area (Å²) in [6.45, 7) is 0.845. The van der Waals surface area contributed by atoms with Crippen molar-refractivity contribution in [2.75, 3.05) is 11.9 Å². The van der Waals surface area contributed by atoms with Gasteiger partial charge in [-0.1, -0.05) is 42.5 Å². The van der Waals surface area contributed by atoms with E-state index >= 15 is 0 Å². The molecule has 0 unspecified atom stereocenters. The Labute approximate surface area is 108 Å². The molecular formula is C16H16N2. The van der Waals surface area contributed by atoms with Crippen LogP contribution >= 0.6 is 0 Å². The summed E-state index contributed by atoms with van der Waals surface area (Å²) in [4.78, 5) is 0. The summed E-state index contributed by atoms with van der Waals surface area (Å²) in [5, 5.41) is 11.8. The lowest BCUT2D eigenvalue weighted by molar-refractivity contribution is 0.898. The first kappa shape index (κ1) is 12.2. The molecule has 2 aromatic carbocycles. The second kappa shape index (κ2) is 6.46. The third-order valence-corrected chi connectivity index (χ3v) is 2.79. The van der Waals surface area contributed by atoms with E-state index in [4.69, 9.17) is 5.26 Å². The van der Waals surface area contributed by atoms with E-state index in [-0.39, 0.29) is 0 Å². The lowest BCUT2D eigenvalue weighted by atomic mass is 10.1. The van der Waals surface area contributed by atoms with E-state index in [0.29, 0.717) is 6.42 Å². The van der Waals surface area contributed by atoms with E-state index < -0.39 is 0 Å². The molecule has 0 fully saturated rings. The van der Waals surface area contributed by atoms with E-state index in [9.17, 15) is 0 Å². The van der Waals surface area contributed by atoms with Crippen LogP contribution in [0.4, 0.5) is 5.69 Å². The van der Waals surface area contributed by atoms with E-state index in [1.54, 1.807) is 0 Å². The number of hydrogen-bond acceptors (Lipinski definition) is 2. The Kier molecular flexibility index (Phi) is 4.38. The van der Waals surface area contributed by atoms with Gasteiger partial charge in [0, 0.05) is 18.7 Å². The largest absolute Gasteiger partial charge is 0.385 e. The van der Waals surface area contributed by atoms with Crippen LogP contribution in [0.2, 0.25) is 0 Å². The van der Waals surface area contributed by atoms with Crippen molar-refractivity contribution in [2.24, 2.45) is 0 Å². The van der Waals surface area contributed by atoms with Gasteiger partial charge < -0.3 is 5.32 Å². The zero-order chi connectivity index (χ0) is 12.6. The molecular weight excluding hydrogens is 220 g/mol. The van der Waals surface area contributed by atoms with Crippen LogP contribution in [0.25, 0.3) is 11.1 Å². The van der Waals surface area contributed by atoms with Crippen LogP contribution < -0.4 is 5.32 Å². The fourth-order valence-electron chi connectivity index (χ4n) is 1.81. The number of unbranched alkanes of at least 4 members (excludes halogenated alkanes) is 1. The predicted octanol–water partition coefficient (Wildman–Crippen LogP) is 4.07. The first-order valence-electron chi connectivity index (χ1n) is 6.16. The number of benzene rings is 2.